The van der Waals surface area contributed by atoms with E-state index < -0.39 is 0 Å². The number of aromatic nitrogens is 3. The highest BCUT2D eigenvalue weighted by molar-refractivity contribution is 6.15. The van der Waals surface area contributed by atoms with E-state index in [0.29, 0.717) is 11.8 Å². The summed E-state index contributed by atoms with van der Waals surface area (Å²) in [7, 11) is 0. The molecule has 0 atom stereocenters. The van der Waals surface area contributed by atoms with E-state index >= 15 is 0 Å². The molecule has 0 bridgehead atoms. The first kappa shape index (κ1) is 12.6. The van der Waals surface area contributed by atoms with Crippen LogP contribution in [0.1, 0.15) is 5.56 Å². The summed E-state index contributed by atoms with van der Waals surface area (Å²) >= 11 is 0. The van der Waals surface area contributed by atoms with Crippen LogP contribution in [-0.2, 0) is 0 Å². The van der Waals surface area contributed by atoms with E-state index in [-0.39, 0.29) is 0 Å². The minimum atomic E-state index is 0.305. The number of nitrogen functional groups attached to an aromatic ring is 2. The Morgan fingerprint density at radius 3 is 2.68 bits per heavy atom. The van der Waals surface area contributed by atoms with Gasteiger partial charge in [0, 0.05) is 22.5 Å². The number of nitrogens with one attached hydrogen (secondary N) is 1. The molecule has 5 nitrogen and oxygen atoms in total. The van der Waals surface area contributed by atoms with Gasteiger partial charge in [-0.1, -0.05) is 24.3 Å². The van der Waals surface area contributed by atoms with Crippen LogP contribution in [0.5, 0.6) is 0 Å². The fourth-order valence-corrected chi connectivity index (χ4v) is 2.99. The highest BCUT2D eigenvalue weighted by Crippen LogP contribution is 2.36. The Bertz CT molecular complexity index is 1020. The van der Waals surface area contributed by atoms with Crippen molar-refractivity contribution in [2.45, 2.75) is 6.92 Å². The number of nitrogens with two attached hydrogens (primary N) is 2. The molecular weight excluding hydrogens is 274 g/mol. The summed E-state index contributed by atoms with van der Waals surface area (Å²) in [6.45, 7) is 2.09. The van der Waals surface area contributed by atoms with Crippen molar-refractivity contribution in [1.29, 1.82) is 0 Å². The zero-order chi connectivity index (χ0) is 15.3. The number of nitrogens with zero attached hydrogens (tertiary/aromatic N) is 2. The number of hydrogen-bond acceptors (Lipinski definition) is 4. The van der Waals surface area contributed by atoms with E-state index in [1.54, 1.807) is 6.20 Å². The second kappa shape index (κ2) is 4.46. The number of hydrogen-bond donors (Lipinski definition) is 3. The quantitative estimate of drug-likeness (QED) is 0.501. The first-order valence-corrected chi connectivity index (χ1v) is 7.03. The molecule has 0 aliphatic heterocycles. The van der Waals surface area contributed by atoms with E-state index in [0.717, 1.165) is 32.9 Å². The molecule has 0 aliphatic rings. The Hall–Kier alpha value is -3.08. The maximum atomic E-state index is 6.06. The van der Waals surface area contributed by atoms with E-state index in [4.69, 9.17) is 11.5 Å². The molecule has 22 heavy (non-hydrogen) atoms. The van der Waals surface area contributed by atoms with Crippen molar-refractivity contribution in [2.24, 2.45) is 0 Å². The van der Waals surface area contributed by atoms with Gasteiger partial charge >= 0.3 is 0 Å². The number of benzene rings is 2. The van der Waals surface area contributed by atoms with Crippen LogP contribution in [-0.4, -0.2) is 15.0 Å². The molecule has 0 aliphatic carbocycles. The van der Waals surface area contributed by atoms with Crippen molar-refractivity contribution >= 4 is 33.6 Å². The molecule has 4 rings (SSSR count). The summed E-state index contributed by atoms with van der Waals surface area (Å²) in [5, 5.41) is 1.84. The Morgan fingerprint density at radius 2 is 1.86 bits per heavy atom. The fraction of sp³-hybridized carbons (Fsp3) is 0.0588. The number of fused-ring (bicyclic) bond motifs is 3. The van der Waals surface area contributed by atoms with Gasteiger partial charge in [-0.05, 0) is 30.2 Å². The first-order valence-electron chi connectivity index (χ1n) is 7.03. The van der Waals surface area contributed by atoms with Crippen LogP contribution in [0.4, 0.5) is 11.8 Å². The lowest BCUT2D eigenvalue weighted by molar-refractivity contribution is 1.25. The predicted molar refractivity (Wildman–Crippen MR) is 90.4 cm³/mol. The van der Waals surface area contributed by atoms with Crippen LogP contribution in [0.15, 0.2) is 42.6 Å². The smallest absolute Gasteiger partial charge is 0.199 e. The van der Waals surface area contributed by atoms with Gasteiger partial charge in [-0.15, -0.1) is 0 Å². The van der Waals surface area contributed by atoms with Crippen molar-refractivity contribution in [3.05, 3.63) is 48.2 Å². The van der Waals surface area contributed by atoms with Gasteiger partial charge in [0.2, 0.25) is 0 Å². The second-order valence-electron chi connectivity index (χ2n) is 5.38. The summed E-state index contributed by atoms with van der Waals surface area (Å²) in [6, 6.07) is 12.2. The molecule has 0 unspecified atom stereocenters. The SMILES string of the molecule is Cc1ccccc1-c1cc2[nH]c(N)nc(N)c2c2ccnc12. The summed E-state index contributed by atoms with van der Waals surface area (Å²) < 4.78 is 0. The molecular formula is C17H15N5. The van der Waals surface area contributed by atoms with Crippen LogP contribution >= 0.6 is 0 Å². The van der Waals surface area contributed by atoms with Gasteiger partial charge in [0.05, 0.1) is 11.0 Å². The minimum absolute atomic E-state index is 0.305. The van der Waals surface area contributed by atoms with Gasteiger partial charge < -0.3 is 16.5 Å². The lowest BCUT2D eigenvalue weighted by Gasteiger charge is -2.11. The van der Waals surface area contributed by atoms with E-state index in [1.165, 1.54) is 5.56 Å². The largest absolute Gasteiger partial charge is 0.383 e. The van der Waals surface area contributed by atoms with Gasteiger partial charge in [0.25, 0.3) is 0 Å². The number of anilines is 2. The molecule has 0 radical (unpaired) electrons. The third kappa shape index (κ3) is 1.72. The van der Waals surface area contributed by atoms with E-state index in [2.05, 4.69) is 34.0 Å². The average molecular weight is 289 g/mol. The maximum Gasteiger partial charge on any atom is 0.199 e. The van der Waals surface area contributed by atoms with Gasteiger partial charge in [0.15, 0.2) is 5.95 Å². The van der Waals surface area contributed by atoms with E-state index in [1.807, 2.05) is 24.3 Å². The van der Waals surface area contributed by atoms with Crippen LogP contribution < -0.4 is 11.5 Å². The van der Waals surface area contributed by atoms with Crippen molar-refractivity contribution in [2.75, 3.05) is 11.5 Å². The molecule has 108 valence electrons. The van der Waals surface area contributed by atoms with E-state index in [9.17, 15) is 0 Å². The summed E-state index contributed by atoms with van der Waals surface area (Å²) in [6.07, 6.45) is 1.79. The molecule has 4 aromatic rings. The second-order valence-corrected chi connectivity index (χ2v) is 5.38. The Labute approximate surface area is 127 Å². The molecule has 2 aromatic heterocycles. The Balaban J connectivity index is 2.19. The normalized spacial score (nSPS) is 11.3. The number of rotatable bonds is 1. The highest BCUT2D eigenvalue weighted by Gasteiger charge is 2.14. The standard InChI is InChI=1S/C17H15N5/c1-9-4-2-3-5-10(9)12-8-13-14(11-6-7-20-15(11)12)16(18)22-17(19)21-13/h2-8H,18H2,1H3,(H3,19,21,22). The van der Waals surface area contributed by atoms with Crippen LogP contribution in [0.2, 0.25) is 0 Å². The number of aryl methyl sites for hydroxylation is 1. The topological polar surface area (TPSA) is 93.6 Å². The molecule has 0 amide bonds. The predicted octanol–water partition coefficient (Wildman–Crippen LogP) is 3.25. The molecule has 0 saturated carbocycles. The molecule has 2 heterocycles. The van der Waals surface area contributed by atoms with Crippen molar-refractivity contribution < 1.29 is 0 Å². The monoisotopic (exact) mass is 289 g/mol. The fourth-order valence-electron chi connectivity index (χ4n) is 2.99. The third-order valence-corrected chi connectivity index (χ3v) is 3.98. The molecule has 2 aromatic carbocycles. The van der Waals surface area contributed by atoms with Crippen molar-refractivity contribution in [3.8, 4) is 11.1 Å². The van der Waals surface area contributed by atoms with Crippen LogP contribution in [0.25, 0.3) is 32.9 Å². The van der Waals surface area contributed by atoms with Crippen molar-refractivity contribution in [1.82, 2.24) is 15.0 Å². The lowest BCUT2D eigenvalue weighted by atomic mass is 9.97. The maximum absolute atomic E-state index is 6.06. The van der Waals surface area contributed by atoms with Gasteiger partial charge in [-0.2, -0.15) is 4.98 Å². The molecule has 0 saturated heterocycles. The summed E-state index contributed by atoms with van der Waals surface area (Å²) in [5.74, 6) is 0.722. The van der Waals surface area contributed by atoms with Gasteiger partial charge in [0.1, 0.15) is 5.82 Å². The average Bonchev–Trinajstić information content (AvgIpc) is 2.95. The summed E-state index contributed by atoms with van der Waals surface area (Å²) in [4.78, 5) is 11.7. The molecule has 5 N–H and O–H groups in total. The minimum Gasteiger partial charge on any atom is -0.383 e. The lowest BCUT2D eigenvalue weighted by Crippen LogP contribution is -2.01. The molecule has 0 spiro atoms. The Morgan fingerprint density at radius 1 is 1.05 bits per heavy atom. The van der Waals surface area contributed by atoms with Crippen molar-refractivity contribution in [3.63, 3.8) is 0 Å². The van der Waals surface area contributed by atoms with Crippen LogP contribution in [0, 0.1) is 6.92 Å². The van der Waals surface area contributed by atoms with Gasteiger partial charge in [-0.3, -0.25) is 4.98 Å². The number of aromatic amines is 1. The first-order chi connectivity index (χ1) is 10.6. The zero-order valence-electron chi connectivity index (χ0n) is 12.1. The number of H-pyrrole nitrogens is 1. The molecule has 0 fully saturated rings. The Kier molecular flexibility index (Phi) is 2.56. The zero-order valence-corrected chi connectivity index (χ0v) is 12.1. The molecule has 5 heteroatoms. The highest BCUT2D eigenvalue weighted by atomic mass is 15.0. The summed E-state index contributed by atoms with van der Waals surface area (Å²) in [5.41, 5.74) is 17.1. The van der Waals surface area contributed by atoms with Crippen LogP contribution in [0.3, 0.4) is 0 Å². The third-order valence-electron chi connectivity index (χ3n) is 3.98. The van der Waals surface area contributed by atoms with Gasteiger partial charge in [-0.25, -0.2) is 0 Å².